The molecular formula is C6H10N3O2S. The second-order valence-electron chi connectivity index (χ2n) is 2.53. The molecule has 1 heterocycles. The molecule has 67 valence electrons. The van der Waals surface area contributed by atoms with E-state index in [0.717, 1.165) is 8.28 Å². The Morgan fingerprint density at radius 3 is 2.50 bits per heavy atom. The van der Waals surface area contributed by atoms with Gasteiger partial charge in [-0.15, -0.1) is 0 Å². The molecule has 0 N–H and O–H groups in total. The highest BCUT2D eigenvalue weighted by Crippen LogP contribution is 2.03. The smallest absolute Gasteiger partial charge is 0.234 e. The van der Waals surface area contributed by atoms with Crippen LogP contribution in [-0.4, -0.2) is 35.8 Å². The summed E-state index contributed by atoms with van der Waals surface area (Å²) in [6.07, 6.45) is 3.76. The van der Waals surface area contributed by atoms with Crippen LogP contribution in [0.4, 0.5) is 0 Å². The van der Waals surface area contributed by atoms with Crippen LogP contribution in [0.25, 0.3) is 0 Å². The Morgan fingerprint density at radius 2 is 2.17 bits per heavy atom. The quantitative estimate of drug-likeness (QED) is 0.637. The number of nitrogens with zero attached hydrogens (tertiary/aromatic N) is 3. The average Bonchev–Trinajstić information content (AvgIpc) is 2.35. The summed E-state index contributed by atoms with van der Waals surface area (Å²) in [5.41, 5.74) is 0.476. The Hall–Kier alpha value is -0.880. The second kappa shape index (κ2) is 2.87. The van der Waals surface area contributed by atoms with Crippen LogP contribution in [0, 0.1) is 13.1 Å². The van der Waals surface area contributed by atoms with E-state index in [-0.39, 0.29) is 0 Å². The summed E-state index contributed by atoms with van der Waals surface area (Å²) in [5.74, 6) is 0. The molecule has 0 saturated heterocycles. The van der Waals surface area contributed by atoms with Crippen LogP contribution in [0.1, 0.15) is 5.69 Å². The molecule has 0 amide bonds. The van der Waals surface area contributed by atoms with Gasteiger partial charge in [-0.1, -0.05) is 0 Å². The molecular weight excluding hydrogens is 178 g/mol. The van der Waals surface area contributed by atoms with Gasteiger partial charge in [0.15, 0.2) is 0 Å². The predicted octanol–water partition coefficient (Wildman–Crippen LogP) is -0.354. The van der Waals surface area contributed by atoms with Gasteiger partial charge in [-0.25, -0.2) is 8.96 Å². The zero-order valence-corrected chi connectivity index (χ0v) is 7.96. The number of aryl methyl sites for hydroxylation is 1. The number of imidazole rings is 1. The molecule has 1 aromatic heterocycles. The van der Waals surface area contributed by atoms with Crippen LogP contribution < -0.4 is 0 Å². The highest BCUT2D eigenvalue weighted by atomic mass is 32.2. The molecule has 0 fully saturated rings. The van der Waals surface area contributed by atoms with E-state index in [1.165, 1.54) is 20.4 Å². The minimum Gasteiger partial charge on any atom is -0.234 e. The van der Waals surface area contributed by atoms with Crippen LogP contribution in [0.5, 0.6) is 0 Å². The molecule has 5 nitrogen and oxygen atoms in total. The summed E-state index contributed by atoms with van der Waals surface area (Å²) in [7, 11) is -0.474. The van der Waals surface area contributed by atoms with Crippen molar-refractivity contribution in [2.75, 3.05) is 14.1 Å². The molecule has 0 aliphatic heterocycles. The fourth-order valence-corrected chi connectivity index (χ4v) is 1.62. The summed E-state index contributed by atoms with van der Waals surface area (Å²) >= 11 is 0. The standard InChI is InChI=1S/C6H10N3O2S/c1-6-4-7-5-9(6)12(10,11)8(2)3/h5H,1-3H3. The summed E-state index contributed by atoms with van der Waals surface area (Å²) in [6, 6.07) is 0. The first kappa shape index (κ1) is 9.21. The van der Waals surface area contributed by atoms with Gasteiger partial charge in [0, 0.05) is 14.1 Å². The van der Waals surface area contributed by atoms with Crippen LogP contribution in [-0.2, 0) is 10.2 Å². The lowest BCUT2D eigenvalue weighted by molar-refractivity contribution is 0.509. The third kappa shape index (κ3) is 1.35. The van der Waals surface area contributed by atoms with Crippen molar-refractivity contribution < 1.29 is 8.42 Å². The van der Waals surface area contributed by atoms with Crippen LogP contribution in [0.15, 0.2) is 6.33 Å². The molecule has 0 bridgehead atoms. The Morgan fingerprint density at radius 1 is 1.58 bits per heavy atom. The monoisotopic (exact) mass is 188 g/mol. The van der Waals surface area contributed by atoms with Crippen molar-refractivity contribution in [3.63, 3.8) is 0 Å². The lowest BCUT2D eigenvalue weighted by Crippen LogP contribution is -2.28. The van der Waals surface area contributed by atoms with Crippen LogP contribution in [0.2, 0.25) is 0 Å². The normalized spacial score (nSPS) is 12.3. The minimum atomic E-state index is -3.41. The summed E-state index contributed by atoms with van der Waals surface area (Å²) < 4.78 is 25.1. The van der Waals surface area contributed by atoms with Gasteiger partial charge >= 0.3 is 10.2 Å². The highest BCUT2D eigenvalue weighted by Gasteiger charge is 2.17. The largest absolute Gasteiger partial charge is 0.308 e. The third-order valence-corrected chi connectivity index (χ3v) is 3.22. The Balaban J connectivity index is 3.24. The first-order chi connectivity index (χ1) is 5.46. The van der Waals surface area contributed by atoms with E-state index in [1.54, 1.807) is 6.92 Å². The van der Waals surface area contributed by atoms with Gasteiger partial charge < -0.3 is 0 Å². The molecule has 1 aromatic rings. The van der Waals surface area contributed by atoms with E-state index in [1.807, 2.05) is 0 Å². The van der Waals surface area contributed by atoms with Crippen molar-refractivity contribution in [1.29, 1.82) is 0 Å². The molecule has 0 saturated carbocycles. The Kier molecular flexibility index (Phi) is 2.20. The molecule has 0 unspecified atom stereocenters. The maximum absolute atomic E-state index is 11.4. The fraction of sp³-hybridized carbons (Fsp3) is 0.500. The number of hydrogen-bond donors (Lipinski definition) is 0. The maximum atomic E-state index is 11.4. The van der Waals surface area contributed by atoms with E-state index < -0.39 is 10.2 Å². The Labute approximate surface area is 71.8 Å². The summed E-state index contributed by atoms with van der Waals surface area (Å²) in [4.78, 5) is 3.60. The van der Waals surface area contributed by atoms with E-state index in [2.05, 4.69) is 11.2 Å². The molecule has 0 spiro atoms. The molecule has 0 atom stereocenters. The molecule has 6 heteroatoms. The van der Waals surface area contributed by atoms with Gasteiger partial charge in [-0.2, -0.15) is 12.7 Å². The van der Waals surface area contributed by atoms with Gasteiger partial charge in [0.05, 0.1) is 5.69 Å². The first-order valence-electron chi connectivity index (χ1n) is 3.31. The minimum absolute atomic E-state index is 0.476. The van der Waals surface area contributed by atoms with Crippen molar-refractivity contribution in [1.82, 2.24) is 13.3 Å². The average molecular weight is 188 g/mol. The lowest BCUT2D eigenvalue weighted by atomic mass is 10.6. The molecule has 1 radical (unpaired) electrons. The van der Waals surface area contributed by atoms with E-state index >= 15 is 0 Å². The van der Waals surface area contributed by atoms with Crippen LogP contribution in [0.3, 0.4) is 0 Å². The second-order valence-corrected chi connectivity index (χ2v) is 4.55. The number of hydrogen-bond acceptors (Lipinski definition) is 3. The third-order valence-electron chi connectivity index (χ3n) is 1.43. The molecule has 12 heavy (non-hydrogen) atoms. The van der Waals surface area contributed by atoms with Crippen molar-refractivity contribution in [2.45, 2.75) is 6.92 Å². The maximum Gasteiger partial charge on any atom is 0.308 e. The molecule has 0 aliphatic rings. The van der Waals surface area contributed by atoms with Crippen molar-refractivity contribution in [2.24, 2.45) is 0 Å². The van der Waals surface area contributed by atoms with Gasteiger partial charge in [0.25, 0.3) is 0 Å². The SMILES string of the molecule is Cc1[c]ncn1S(=O)(=O)N(C)C. The van der Waals surface area contributed by atoms with Gasteiger partial charge in [0.1, 0.15) is 12.5 Å². The molecule has 0 aliphatic carbocycles. The van der Waals surface area contributed by atoms with E-state index in [4.69, 9.17) is 0 Å². The fourth-order valence-electron chi connectivity index (χ4n) is 0.719. The molecule has 0 aromatic carbocycles. The van der Waals surface area contributed by atoms with Crippen molar-refractivity contribution >= 4 is 10.2 Å². The first-order valence-corrected chi connectivity index (χ1v) is 4.70. The van der Waals surface area contributed by atoms with E-state index in [9.17, 15) is 8.42 Å². The zero-order chi connectivity index (χ0) is 9.35. The zero-order valence-electron chi connectivity index (χ0n) is 7.14. The summed E-state index contributed by atoms with van der Waals surface area (Å²) in [6.45, 7) is 1.63. The lowest BCUT2D eigenvalue weighted by Gasteiger charge is -2.12. The number of aromatic nitrogens is 2. The van der Waals surface area contributed by atoms with Gasteiger partial charge in [-0.05, 0) is 6.92 Å². The van der Waals surface area contributed by atoms with Crippen molar-refractivity contribution in [3.05, 3.63) is 18.2 Å². The number of rotatable bonds is 2. The Bertz CT molecular complexity index is 366. The van der Waals surface area contributed by atoms with Gasteiger partial charge in [0.2, 0.25) is 0 Å². The topological polar surface area (TPSA) is 55.2 Å². The van der Waals surface area contributed by atoms with Gasteiger partial charge in [-0.3, -0.25) is 0 Å². The van der Waals surface area contributed by atoms with Crippen LogP contribution >= 0.6 is 0 Å². The predicted molar refractivity (Wildman–Crippen MR) is 43.8 cm³/mol. The van der Waals surface area contributed by atoms with Crippen molar-refractivity contribution in [3.8, 4) is 0 Å². The molecule has 1 rings (SSSR count). The van der Waals surface area contributed by atoms with E-state index in [0.29, 0.717) is 5.69 Å². The summed E-state index contributed by atoms with van der Waals surface area (Å²) in [5, 5.41) is 0. The highest BCUT2D eigenvalue weighted by molar-refractivity contribution is 7.87.